The Morgan fingerprint density at radius 3 is 2.63 bits per heavy atom. The minimum absolute atomic E-state index is 0.180. The highest BCUT2D eigenvalue weighted by Gasteiger charge is 2.17. The number of ether oxygens (including phenoxy) is 2. The van der Waals surface area contributed by atoms with Crippen molar-refractivity contribution >= 4 is 17.9 Å². The van der Waals surface area contributed by atoms with Crippen LogP contribution in [0.2, 0.25) is 5.15 Å². The van der Waals surface area contributed by atoms with Crippen molar-refractivity contribution < 1.29 is 18.7 Å². The molecule has 3 aromatic rings. The van der Waals surface area contributed by atoms with E-state index in [1.54, 1.807) is 13.2 Å². The van der Waals surface area contributed by atoms with Gasteiger partial charge in [0, 0.05) is 11.6 Å². The Morgan fingerprint density at radius 1 is 1.22 bits per heavy atom. The predicted octanol–water partition coefficient (Wildman–Crippen LogP) is 4.76. The minimum atomic E-state index is -0.444. The number of rotatable bonds is 7. The third kappa shape index (κ3) is 4.35. The zero-order valence-electron chi connectivity index (χ0n) is 14.9. The van der Waals surface area contributed by atoms with E-state index in [-0.39, 0.29) is 10.8 Å². The summed E-state index contributed by atoms with van der Waals surface area (Å²) in [6, 6.07) is 13.2. The van der Waals surface area contributed by atoms with Crippen molar-refractivity contribution in [2.45, 2.75) is 19.6 Å². The maximum absolute atomic E-state index is 13.9. The molecule has 1 atom stereocenters. The molecule has 0 spiro atoms. The van der Waals surface area contributed by atoms with Crippen LogP contribution in [0.4, 0.5) is 4.39 Å². The molecule has 0 bridgehead atoms. The highest BCUT2D eigenvalue weighted by molar-refractivity contribution is 6.29. The summed E-state index contributed by atoms with van der Waals surface area (Å²) in [6.45, 7) is 2.15. The number of methoxy groups -OCH3 is 1. The molecule has 27 heavy (non-hydrogen) atoms. The van der Waals surface area contributed by atoms with Gasteiger partial charge in [-0.2, -0.15) is 5.10 Å². The average Bonchev–Trinajstić information content (AvgIpc) is 3.07. The molecule has 0 fully saturated rings. The van der Waals surface area contributed by atoms with Crippen molar-refractivity contribution in [2.75, 3.05) is 7.11 Å². The summed E-state index contributed by atoms with van der Waals surface area (Å²) >= 11 is 5.92. The van der Waals surface area contributed by atoms with Crippen molar-refractivity contribution in [2.24, 2.45) is 0 Å². The zero-order chi connectivity index (χ0) is 19.4. The van der Waals surface area contributed by atoms with Crippen molar-refractivity contribution in [3.05, 3.63) is 76.3 Å². The van der Waals surface area contributed by atoms with Gasteiger partial charge >= 0.3 is 0 Å². The monoisotopic (exact) mass is 388 g/mol. The molecule has 0 saturated heterocycles. The van der Waals surface area contributed by atoms with E-state index in [0.717, 1.165) is 11.3 Å². The second kappa shape index (κ2) is 8.33. The number of halogens is 2. The van der Waals surface area contributed by atoms with Gasteiger partial charge in [-0.25, -0.2) is 9.07 Å². The first-order chi connectivity index (χ1) is 13.0. The molecule has 0 aliphatic rings. The summed E-state index contributed by atoms with van der Waals surface area (Å²) in [4.78, 5) is 11.3. The number of aromatic nitrogens is 2. The second-order valence-electron chi connectivity index (χ2n) is 5.93. The van der Waals surface area contributed by atoms with Crippen LogP contribution in [-0.4, -0.2) is 23.2 Å². The van der Waals surface area contributed by atoms with Crippen LogP contribution >= 0.6 is 11.6 Å². The lowest BCUT2D eigenvalue weighted by molar-refractivity contribution is 0.0522. The Balaban J connectivity index is 1.86. The van der Waals surface area contributed by atoms with Crippen LogP contribution in [0.1, 0.15) is 34.6 Å². The molecule has 1 aromatic heterocycles. The number of hydrogen-bond donors (Lipinski definition) is 0. The van der Waals surface area contributed by atoms with Gasteiger partial charge in [0.1, 0.15) is 17.3 Å². The van der Waals surface area contributed by atoms with Gasteiger partial charge in [-0.3, -0.25) is 4.79 Å². The highest BCUT2D eigenvalue weighted by atomic mass is 35.5. The molecule has 1 heterocycles. The Labute approximate surface area is 161 Å². The van der Waals surface area contributed by atoms with E-state index in [4.69, 9.17) is 21.1 Å². The molecule has 2 aromatic carbocycles. The standard InChI is InChI=1S/C20H18ClFN2O3/c1-13(27-12-14-3-6-17(26-2)7-4-14)18-9-15(22)5-8-19(18)24-16(11-25)10-20(21)23-24/h3-11,13H,12H2,1-2H3. The summed E-state index contributed by atoms with van der Waals surface area (Å²) in [6.07, 6.45) is 0.204. The fraction of sp³-hybridized carbons (Fsp3) is 0.200. The largest absolute Gasteiger partial charge is 0.497 e. The van der Waals surface area contributed by atoms with E-state index in [9.17, 15) is 9.18 Å². The average molecular weight is 389 g/mol. The maximum atomic E-state index is 13.9. The summed E-state index contributed by atoms with van der Waals surface area (Å²) in [5.74, 6) is 0.357. The van der Waals surface area contributed by atoms with Gasteiger partial charge < -0.3 is 9.47 Å². The van der Waals surface area contributed by atoms with Crippen LogP contribution in [0, 0.1) is 5.82 Å². The number of benzene rings is 2. The van der Waals surface area contributed by atoms with Crippen LogP contribution in [0.3, 0.4) is 0 Å². The van der Waals surface area contributed by atoms with E-state index in [0.29, 0.717) is 24.1 Å². The normalized spacial score (nSPS) is 12.0. The molecule has 0 saturated carbocycles. The van der Waals surface area contributed by atoms with Gasteiger partial charge in [-0.15, -0.1) is 0 Å². The third-order valence-corrected chi connectivity index (χ3v) is 4.33. The van der Waals surface area contributed by atoms with Crippen molar-refractivity contribution in [3.63, 3.8) is 0 Å². The van der Waals surface area contributed by atoms with E-state index in [1.165, 1.54) is 22.9 Å². The molecular formula is C20H18ClFN2O3. The van der Waals surface area contributed by atoms with Gasteiger partial charge in [0.25, 0.3) is 0 Å². The van der Waals surface area contributed by atoms with Crippen molar-refractivity contribution in [3.8, 4) is 11.4 Å². The third-order valence-electron chi connectivity index (χ3n) is 4.14. The summed E-state index contributed by atoms with van der Waals surface area (Å²) in [7, 11) is 1.61. The Bertz CT molecular complexity index is 941. The lowest BCUT2D eigenvalue weighted by atomic mass is 10.1. The van der Waals surface area contributed by atoms with Crippen LogP contribution in [0.15, 0.2) is 48.5 Å². The molecule has 5 nitrogen and oxygen atoms in total. The molecule has 0 aliphatic carbocycles. The number of carbonyl (C=O) groups is 1. The first kappa shape index (κ1) is 19.1. The molecule has 0 N–H and O–H groups in total. The second-order valence-corrected chi connectivity index (χ2v) is 6.31. The van der Waals surface area contributed by atoms with Gasteiger partial charge in [0.15, 0.2) is 11.4 Å². The van der Waals surface area contributed by atoms with E-state index < -0.39 is 11.9 Å². The lowest BCUT2D eigenvalue weighted by Gasteiger charge is -2.18. The maximum Gasteiger partial charge on any atom is 0.168 e. The number of hydrogen-bond acceptors (Lipinski definition) is 4. The predicted molar refractivity (Wildman–Crippen MR) is 100 cm³/mol. The quantitative estimate of drug-likeness (QED) is 0.547. The molecule has 1 unspecified atom stereocenters. The van der Waals surface area contributed by atoms with Crippen molar-refractivity contribution in [1.29, 1.82) is 0 Å². The van der Waals surface area contributed by atoms with Gasteiger partial charge in [-0.1, -0.05) is 23.7 Å². The minimum Gasteiger partial charge on any atom is -0.497 e. The fourth-order valence-electron chi connectivity index (χ4n) is 2.72. The highest BCUT2D eigenvalue weighted by Crippen LogP contribution is 2.28. The van der Waals surface area contributed by atoms with Crippen molar-refractivity contribution in [1.82, 2.24) is 9.78 Å². The molecule has 0 radical (unpaired) electrons. The number of aldehydes is 1. The van der Waals surface area contributed by atoms with Crippen LogP contribution in [0.25, 0.3) is 5.69 Å². The van der Waals surface area contributed by atoms with Crippen LogP contribution in [0.5, 0.6) is 5.75 Å². The molecule has 3 rings (SSSR count). The first-order valence-corrected chi connectivity index (χ1v) is 8.64. The first-order valence-electron chi connectivity index (χ1n) is 8.27. The fourth-order valence-corrected chi connectivity index (χ4v) is 2.91. The van der Waals surface area contributed by atoms with Gasteiger partial charge in [0.05, 0.1) is 25.5 Å². The Hall–Kier alpha value is -2.70. The number of nitrogens with zero attached hydrogens (tertiary/aromatic N) is 2. The topological polar surface area (TPSA) is 53.4 Å². The van der Waals surface area contributed by atoms with E-state index in [2.05, 4.69) is 5.10 Å². The molecule has 0 aliphatic heterocycles. The summed E-state index contributed by atoms with van der Waals surface area (Å²) < 4.78 is 26.3. The SMILES string of the molecule is COc1ccc(COC(C)c2cc(F)ccc2-n2nc(Cl)cc2C=O)cc1. The molecule has 7 heteroatoms. The van der Waals surface area contributed by atoms with Crippen LogP contribution in [-0.2, 0) is 11.3 Å². The zero-order valence-corrected chi connectivity index (χ0v) is 15.6. The molecule has 0 amide bonds. The van der Waals surface area contributed by atoms with Gasteiger partial charge in [0.2, 0.25) is 0 Å². The lowest BCUT2D eigenvalue weighted by Crippen LogP contribution is -2.10. The van der Waals surface area contributed by atoms with Crippen LogP contribution < -0.4 is 4.74 Å². The van der Waals surface area contributed by atoms with E-state index >= 15 is 0 Å². The van der Waals surface area contributed by atoms with Gasteiger partial charge in [-0.05, 0) is 42.8 Å². The Kier molecular flexibility index (Phi) is 5.88. The molecule has 140 valence electrons. The molecular weight excluding hydrogens is 371 g/mol. The Morgan fingerprint density at radius 2 is 1.96 bits per heavy atom. The smallest absolute Gasteiger partial charge is 0.168 e. The summed E-state index contributed by atoms with van der Waals surface area (Å²) in [5, 5.41) is 4.30. The van der Waals surface area contributed by atoms with E-state index in [1.807, 2.05) is 31.2 Å². The summed E-state index contributed by atoms with van der Waals surface area (Å²) in [5.41, 5.74) is 2.32. The number of carbonyl (C=O) groups excluding carboxylic acids is 1.